The van der Waals surface area contributed by atoms with Crippen LogP contribution >= 0.6 is 0 Å². The molecule has 0 aliphatic heterocycles. The Bertz CT molecular complexity index is 1090. The molecule has 1 fully saturated rings. The topological polar surface area (TPSA) is 109 Å². The molecule has 3 N–H and O–H groups in total. The summed E-state index contributed by atoms with van der Waals surface area (Å²) >= 11 is 0. The van der Waals surface area contributed by atoms with E-state index in [1.165, 1.54) is 0 Å². The van der Waals surface area contributed by atoms with Crippen molar-refractivity contribution in [1.29, 1.82) is 0 Å². The van der Waals surface area contributed by atoms with Crippen LogP contribution in [0.15, 0.2) is 48.5 Å². The van der Waals surface area contributed by atoms with Crippen molar-refractivity contribution in [2.45, 2.75) is 31.2 Å². The van der Waals surface area contributed by atoms with Crippen LogP contribution in [0.25, 0.3) is 10.9 Å². The molecule has 4 rings (SSSR count). The summed E-state index contributed by atoms with van der Waals surface area (Å²) in [6.07, 6.45) is 2.04. The first kappa shape index (κ1) is 18.9. The van der Waals surface area contributed by atoms with Gasteiger partial charge in [-0.25, -0.2) is 9.97 Å². The second kappa shape index (κ2) is 7.16. The summed E-state index contributed by atoms with van der Waals surface area (Å²) in [5, 5.41) is 10.3. The van der Waals surface area contributed by atoms with E-state index in [0.717, 1.165) is 12.0 Å². The van der Waals surface area contributed by atoms with Crippen molar-refractivity contribution < 1.29 is 14.7 Å². The molecule has 29 heavy (non-hydrogen) atoms. The fourth-order valence-corrected chi connectivity index (χ4v) is 3.87. The van der Waals surface area contributed by atoms with Crippen LogP contribution in [0.2, 0.25) is 0 Å². The summed E-state index contributed by atoms with van der Waals surface area (Å²) < 4.78 is 0. The van der Waals surface area contributed by atoms with Crippen molar-refractivity contribution in [2.24, 2.45) is 0 Å². The molecule has 3 aromatic rings. The molecule has 1 aromatic heterocycles. The molecule has 0 saturated heterocycles. The Hall–Kier alpha value is -3.48. The highest BCUT2D eigenvalue weighted by Crippen LogP contribution is 2.44. The van der Waals surface area contributed by atoms with Crippen molar-refractivity contribution in [3.8, 4) is 0 Å². The fourth-order valence-electron chi connectivity index (χ4n) is 3.87. The SMILES string of the molecule is CN(Cc1ccccc1)C(=O)c1nc(N)nc2ccc(C3(C(=O)O)CCC3)cc12. The summed E-state index contributed by atoms with van der Waals surface area (Å²) in [5.74, 6) is -1.12. The first-order valence-electron chi connectivity index (χ1n) is 9.51. The third kappa shape index (κ3) is 3.29. The van der Waals surface area contributed by atoms with Gasteiger partial charge in [0.2, 0.25) is 5.95 Å². The molecule has 0 atom stereocenters. The standard InChI is InChI=1S/C22H22N4O3/c1-26(13-14-6-3-2-4-7-14)19(27)18-16-12-15(22(20(28)29)10-5-11-22)8-9-17(16)24-21(23)25-18/h2-4,6-9,12H,5,10-11,13H2,1H3,(H,28,29)(H2,23,24,25). The van der Waals surface area contributed by atoms with E-state index in [0.29, 0.717) is 35.9 Å². The number of rotatable bonds is 5. The van der Waals surface area contributed by atoms with Crippen molar-refractivity contribution in [3.63, 3.8) is 0 Å². The van der Waals surface area contributed by atoms with Crippen LogP contribution in [-0.2, 0) is 16.8 Å². The van der Waals surface area contributed by atoms with Gasteiger partial charge in [0.25, 0.3) is 5.91 Å². The number of anilines is 1. The molecule has 1 aliphatic rings. The summed E-state index contributed by atoms with van der Waals surface area (Å²) in [5.41, 5.74) is 7.33. The number of carboxylic acid groups (broad SMARTS) is 1. The van der Waals surface area contributed by atoms with Crippen molar-refractivity contribution in [1.82, 2.24) is 14.9 Å². The molecular weight excluding hydrogens is 368 g/mol. The van der Waals surface area contributed by atoms with E-state index in [9.17, 15) is 14.7 Å². The van der Waals surface area contributed by atoms with Crippen LogP contribution in [0, 0.1) is 0 Å². The Labute approximate surface area is 168 Å². The predicted octanol–water partition coefficient (Wildman–Crippen LogP) is 2.99. The molecular formula is C22H22N4O3. The first-order chi connectivity index (χ1) is 13.9. The molecule has 7 nitrogen and oxygen atoms in total. The summed E-state index contributed by atoms with van der Waals surface area (Å²) in [6.45, 7) is 0.420. The highest BCUT2D eigenvalue weighted by Gasteiger charge is 2.46. The number of carbonyl (C=O) groups is 2. The normalized spacial score (nSPS) is 14.9. The number of fused-ring (bicyclic) bond motifs is 1. The van der Waals surface area contributed by atoms with E-state index in [-0.39, 0.29) is 17.5 Å². The van der Waals surface area contributed by atoms with Gasteiger partial charge in [-0.2, -0.15) is 0 Å². The summed E-state index contributed by atoms with van der Waals surface area (Å²) in [4.78, 5) is 35.1. The second-order valence-corrected chi connectivity index (χ2v) is 7.55. The number of aromatic nitrogens is 2. The average molecular weight is 390 g/mol. The molecule has 148 valence electrons. The average Bonchev–Trinajstić information content (AvgIpc) is 2.66. The smallest absolute Gasteiger partial charge is 0.314 e. The highest BCUT2D eigenvalue weighted by molar-refractivity contribution is 6.05. The Balaban J connectivity index is 1.75. The molecule has 1 amide bonds. The van der Waals surface area contributed by atoms with Gasteiger partial charge in [-0.05, 0) is 36.1 Å². The van der Waals surface area contributed by atoms with Gasteiger partial charge >= 0.3 is 5.97 Å². The number of nitrogen functional groups attached to an aromatic ring is 1. The summed E-state index contributed by atoms with van der Waals surface area (Å²) in [7, 11) is 1.70. The minimum Gasteiger partial charge on any atom is -0.481 e. The van der Waals surface area contributed by atoms with Gasteiger partial charge in [0.1, 0.15) is 5.69 Å². The van der Waals surface area contributed by atoms with E-state index in [2.05, 4.69) is 9.97 Å². The molecule has 0 spiro atoms. The Morgan fingerprint density at radius 2 is 1.86 bits per heavy atom. The van der Waals surface area contributed by atoms with E-state index in [1.54, 1.807) is 30.1 Å². The number of amides is 1. The van der Waals surface area contributed by atoms with Crippen molar-refractivity contribution in [2.75, 3.05) is 12.8 Å². The molecule has 0 bridgehead atoms. The van der Waals surface area contributed by atoms with Crippen LogP contribution in [0.3, 0.4) is 0 Å². The largest absolute Gasteiger partial charge is 0.481 e. The Kier molecular flexibility index (Phi) is 4.66. The zero-order chi connectivity index (χ0) is 20.6. The second-order valence-electron chi connectivity index (χ2n) is 7.55. The van der Waals surface area contributed by atoms with Crippen LogP contribution in [0.4, 0.5) is 5.95 Å². The minimum absolute atomic E-state index is 0.0123. The van der Waals surface area contributed by atoms with Gasteiger partial charge in [0.05, 0.1) is 10.9 Å². The van der Waals surface area contributed by atoms with E-state index < -0.39 is 11.4 Å². The van der Waals surface area contributed by atoms with Gasteiger partial charge in [-0.1, -0.05) is 42.8 Å². The molecule has 1 aliphatic carbocycles. The molecule has 1 saturated carbocycles. The third-order valence-electron chi connectivity index (χ3n) is 5.69. The maximum atomic E-state index is 13.2. The van der Waals surface area contributed by atoms with Gasteiger partial charge in [-0.15, -0.1) is 0 Å². The summed E-state index contributed by atoms with van der Waals surface area (Å²) in [6, 6.07) is 14.9. The van der Waals surface area contributed by atoms with Crippen molar-refractivity contribution >= 4 is 28.7 Å². The number of carbonyl (C=O) groups excluding carboxylic acids is 1. The van der Waals surface area contributed by atoms with Crippen LogP contribution < -0.4 is 5.73 Å². The number of hydrogen-bond acceptors (Lipinski definition) is 5. The van der Waals surface area contributed by atoms with Gasteiger partial charge in [0, 0.05) is 19.0 Å². The van der Waals surface area contributed by atoms with E-state index >= 15 is 0 Å². The molecule has 7 heteroatoms. The maximum Gasteiger partial charge on any atom is 0.314 e. The number of benzene rings is 2. The lowest BCUT2D eigenvalue weighted by molar-refractivity contribution is -0.147. The van der Waals surface area contributed by atoms with Gasteiger partial charge < -0.3 is 15.7 Å². The monoisotopic (exact) mass is 390 g/mol. The number of nitrogens with two attached hydrogens (primary N) is 1. The lowest BCUT2D eigenvalue weighted by atomic mass is 9.64. The number of hydrogen-bond donors (Lipinski definition) is 2. The maximum absolute atomic E-state index is 13.2. The lowest BCUT2D eigenvalue weighted by Crippen LogP contribution is -2.42. The van der Waals surface area contributed by atoms with Crippen LogP contribution in [-0.4, -0.2) is 38.9 Å². The zero-order valence-electron chi connectivity index (χ0n) is 16.1. The zero-order valence-corrected chi connectivity index (χ0v) is 16.1. The highest BCUT2D eigenvalue weighted by atomic mass is 16.4. The van der Waals surface area contributed by atoms with Gasteiger partial charge in [-0.3, -0.25) is 9.59 Å². The molecule has 0 radical (unpaired) electrons. The van der Waals surface area contributed by atoms with E-state index in [4.69, 9.17) is 5.73 Å². The lowest BCUT2D eigenvalue weighted by Gasteiger charge is -2.38. The van der Waals surface area contributed by atoms with Crippen molar-refractivity contribution in [3.05, 3.63) is 65.4 Å². The van der Waals surface area contributed by atoms with Crippen LogP contribution in [0.1, 0.15) is 40.9 Å². The number of aliphatic carboxylic acids is 1. The van der Waals surface area contributed by atoms with Crippen LogP contribution in [0.5, 0.6) is 0 Å². The quantitative estimate of drug-likeness (QED) is 0.693. The molecule has 2 aromatic carbocycles. The number of nitrogens with zero attached hydrogens (tertiary/aromatic N) is 3. The Morgan fingerprint density at radius 3 is 2.48 bits per heavy atom. The third-order valence-corrected chi connectivity index (χ3v) is 5.69. The fraction of sp³-hybridized carbons (Fsp3) is 0.273. The first-order valence-corrected chi connectivity index (χ1v) is 9.51. The Morgan fingerprint density at radius 1 is 1.14 bits per heavy atom. The molecule has 1 heterocycles. The minimum atomic E-state index is -0.897. The number of carboxylic acids is 1. The van der Waals surface area contributed by atoms with E-state index in [1.807, 2.05) is 30.3 Å². The molecule has 0 unspecified atom stereocenters. The van der Waals surface area contributed by atoms with Gasteiger partial charge in [0.15, 0.2) is 0 Å². The predicted molar refractivity (Wildman–Crippen MR) is 109 cm³/mol.